The van der Waals surface area contributed by atoms with Gasteiger partial charge in [-0.3, -0.25) is 0 Å². The second-order valence-electron chi connectivity index (χ2n) is 2.06. The van der Waals surface area contributed by atoms with E-state index in [9.17, 15) is 0 Å². The fourth-order valence-electron chi connectivity index (χ4n) is 0.740. The lowest BCUT2D eigenvalue weighted by Gasteiger charge is -2.35. The van der Waals surface area contributed by atoms with E-state index in [0.717, 1.165) is 5.82 Å². The zero-order valence-electron chi connectivity index (χ0n) is 6.13. The molecular weight excluding hydrogens is 128 g/mol. The summed E-state index contributed by atoms with van der Waals surface area (Å²) in [5, 5.41) is 5.77. The standard InChI is InChI=1S/C6H11N4/c1-8-6-3-5(7)4-9-10(6)2/h3-4,9H,7H2,1-2H3/q-1. The normalized spacial score (nSPS) is 17.2. The minimum absolute atomic E-state index is 0.693. The van der Waals surface area contributed by atoms with Crippen molar-refractivity contribution in [1.29, 1.82) is 0 Å². The van der Waals surface area contributed by atoms with Gasteiger partial charge in [0.15, 0.2) is 0 Å². The average molecular weight is 139 g/mol. The first-order valence-electron chi connectivity index (χ1n) is 3.01. The monoisotopic (exact) mass is 139 g/mol. The van der Waals surface area contributed by atoms with Crippen molar-refractivity contribution in [2.45, 2.75) is 0 Å². The molecule has 0 fully saturated rings. The Morgan fingerprint density at radius 2 is 2.40 bits per heavy atom. The molecule has 0 aromatic carbocycles. The maximum absolute atomic E-state index is 5.50. The smallest absolute Gasteiger partial charge is 0.0475 e. The molecule has 56 valence electrons. The number of nitrogens with one attached hydrogen (secondary N) is 1. The van der Waals surface area contributed by atoms with Crippen LogP contribution in [0.2, 0.25) is 0 Å². The lowest BCUT2D eigenvalue weighted by atomic mass is 10.4. The summed E-state index contributed by atoms with van der Waals surface area (Å²) in [7, 11) is 3.60. The summed E-state index contributed by atoms with van der Waals surface area (Å²) in [5.74, 6) is 0.833. The Kier molecular flexibility index (Phi) is 1.71. The van der Waals surface area contributed by atoms with Crippen LogP contribution >= 0.6 is 0 Å². The van der Waals surface area contributed by atoms with E-state index >= 15 is 0 Å². The molecule has 0 amide bonds. The van der Waals surface area contributed by atoms with E-state index in [1.165, 1.54) is 0 Å². The lowest BCUT2D eigenvalue weighted by molar-refractivity contribution is 0.352. The number of allylic oxidation sites excluding steroid dienone is 1. The average Bonchev–Trinajstić information content (AvgIpc) is 1.94. The number of nitrogens with zero attached hydrogens (tertiary/aromatic N) is 2. The summed E-state index contributed by atoms with van der Waals surface area (Å²) in [6.07, 6.45) is 3.52. The van der Waals surface area contributed by atoms with Gasteiger partial charge in [0, 0.05) is 11.9 Å². The molecule has 4 nitrogen and oxygen atoms in total. The van der Waals surface area contributed by atoms with Crippen molar-refractivity contribution in [1.82, 2.24) is 10.4 Å². The van der Waals surface area contributed by atoms with Crippen LogP contribution in [0.25, 0.3) is 5.32 Å². The summed E-state index contributed by atoms with van der Waals surface area (Å²) in [6.45, 7) is 0. The van der Waals surface area contributed by atoms with Crippen LogP contribution in [-0.2, 0) is 0 Å². The topological polar surface area (TPSA) is 55.4 Å². The molecule has 4 heteroatoms. The van der Waals surface area contributed by atoms with E-state index in [0.29, 0.717) is 5.70 Å². The van der Waals surface area contributed by atoms with Gasteiger partial charge in [-0.25, -0.2) is 0 Å². The molecule has 0 aliphatic carbocycles. The van der Waals surface area contributed by atoms with E-state index in [1.54, 1.807) is 24.3 Å². The third-order valence-corrected chi connectivity index (χ3v) is 1.29. The van der Waals surface area contributed by atoms with Crippen LogP contribution in [0.3, 0.4) is 0 Å². The summed E-state index contributed by atoms with van der Waals surface area (Å²) in [5.41, 5.74) is 9.11. The van der Waals surface area contributed by atoms with Crippen LogP contribution < -0.4 is 11.2 Å². The van der Waals surface area contributed by atoms with Crippen molar-refractivity contribution in [2.24, 2.45) is 5.73 Å². The van der Waals surface area contributed by atoms with E-state index in [-0.39, 0.29) is 0 Å². The molecule has 0 saturated heterocycles. The molecule has 0 unspecified atom stereocenters. The molecule has 0 spiro atoms. The van der Waals surface area contributed by atoms with Crippen LogP contribution in [0, 0.1) is 0 Å². The summed E-state index contributed by atoms with van der Waals surface area (Å²) in [6, 6.07) is 0. The Morgan fingerprint density at radius 1 is 1.70 bits per heavy atom. The molecule has 0 aromatic rings. The van der Waals surface area contributed by atoms with Crippen molar-refractivity contribution in [3.8, 4) is 0 Å². The summed E-state index contributed by atoms with van der Waals surface area (Å²) in [4.78, 5) is 0. The molecule has 0 radical (unpaired) electrons. The van der Waals surface area contributed by atoms with Gasteiger partial charge in [-0.05, 0) is 18.9 Å². The number of hydrogen-bond donors (Lipinski definition) is 2. The third kappa shape index (κ3) is 1.15. The molecule has 1 heterocycles. The Bertz CT molecular complexity index is 182. The highest BCUT2D eigenvalue weighted by molar-refractivity contribution is 5.27. The highest BCUT2D eigenvalue weighted by Crippen LogP contribution is 2.09. The minimum atomic E-state index is 0.693. The van der Waals surface area contributed by atoms with Crippen LogP contribution in [0.1, 0.15) is 0 Å². The molecule has 3 N–H and O–H groups in total. The Morgan fingerprint density at radius 3 is 2.90 bits per heavy atom. The summed E-state index contributed by atoms with van der Waals surface area (Å²) >= 11 is 0. The van der Waals surface area contributed by atoms with Crippen LogP contribution in [0.4, 0.5) is 0 Å². The Balaban J connectivity index is 2.73. The van der Waals surface area contributed by atoms with Gasteiger partial charge in [0.1, 0.15) is 0 Å². The minimum Gasteiger partial charge on any atom is -0.468 e. The molecule has 1 rings (SSSR count). The number of rotatable bonds is 1. The SMILES string of the molecule is C[N-]C1=CC(N)=CNN1C. The maximum atomic E-state index is 5.50. The second-order valence-corrected chi connectivity index (χ2v) is 2.06. The van der Waals surface area contributed by atoms with Gasteiger partial charge >= 0.3 is 0 Å². The van der Waals surface area contributed by atoms with Gasteiger partial charge in [0.05, 0.1) is 0 Å². The van der Waals surface area contributed by atoms with Gasteiger partial charge < -0.3 is 21.5 Å². The largest absolute Gasteiger partial charge is 0.468 e. The quantitative estimate of drug-likeness (QED) is 0.541. The molecular formula is C6H11N4-. The van der Waals surface area contributed by atoms with Crippen LogP contribution in [0.15, 0.2) is 23.8 Å². The molecule has 0 aromatic heterocycles. The van der Waals surface area contributed by atoms with E-state index in [1.807, 2.05) is 7.05 Å². The Labute approximate surface area is 60.3 Å². The van der Waals surface area contributed by atoms with Crippen LogP contribution in [0.5, 0.6) is 0 Å². The highest BCUT2D eigenvalue weighted by atomic mass is 15.5. The first-order valence-corrected chi connectivity index (χ1v) is 3.01. The number of hydrazine groups is 1. The third-order valence-electron chi connectivity index (χ3n) is 1.29. The van der Waals surface area contributed by atoms with Crippen molar-refractivity contribution < 1.29 is 0 Å². The second kappa shape index (κ2) is 2.51. The lowest BCUT2D eigenvalue weighted by Crippen LogP contribution is -2.32. The fourth-order valence-corrected chi connectivity index (χ4v) is 0.740. The maximum Gasteiger partial charge on any atom is 0.0475 e. The molecule has 0 bridgehead atoms. The molecule has 1 aliphatic heterocycles. The number of nitrogens with two attached hydrogens (primary N) is 1. The molecule has 0 saturated carbocycles. The number of hydrogen-bond acceptors (Lipinski definition) is 3. The van der Waals surface area contributed by atoms with Gasteiger partial charge in [0.25, 0.3) is 0 Å². The highest BCUT2D eigenvalue weighted by Gasteiger charge is 1.95. The van der Waals surface area contributed by atoms with Crippen LogP contribution in [-0.4, -0.2) is 19.1 Å². The fraction of sp³-hybridized carbons (Fsp3) is 0.333. The van der Waals surface area contributed by atoms with Gasteiger partial charge in [-0.15, -0.1) is 0 Å². The zero-order valence-corrected chi connectivity index (χ0v) is 6.13. The van der Waals surface area contributed by atoms with E-state index < -0.39 is 0 Å². The van der Waals surface area contributed by atoms with E-state index in [2.05, 4.69) is 10.7 Å². The summed E-state index contributed by atoms with van der Waals surface area (Å²) < 4.78 is 0. The molecule has 1 aliphatic rings. The first kappa shape index (κ1) is 6.80. The van der Waals surface area contributed by atoms with Crippen molar-refractivity contribution in [3.63, 3.8) is 0 Å². The van der Waals surface area contributed by atoms with Crippen molar-refractivity contribution in [3.05, 3.63) is 29.1 Å². The zero-order chi connectivity index (χ0) is 7.56. The first-order chi connectivity index (χ1) is 4.74. The van der Waals surface area contributed by atoms with Gasteiger partial charge in [-0.1, -0.05) is 7.05 Å². The molecule has 0 atom stereocenters. The van der Waals surface area contributed by atoms with Gasteiger partial charge in [0.2, 0.25) is 0 Å². The molecule has 10 heavy (non-hydrogen) atoms. The van der Waals surface area contributed by atoms with E-state index in [4.69, 9.17) is 5.73 Å². The Hall–Kier alpha value is -1.32. The van der Waals surface area contributed by atoms with Gasteiger partial charge in [-0.2, -0.15) is 0 Å². The van der Waals surface area contributed by atoms with Crippen molar-refractivity contribution >= 4 is 0 Å². The van der Waals surface area contributed by atoms with Crippen molar-refractivity contribution in [2.75, 3.05) is 14.1 Å². The predicted octanol–water partition coefficient (Wildman–Crippen LogP) is 0.0814. The predicted molar refractivity (Wildman–Crippen MR) is 40.5 cm³/mol.